The van der Waals surface area contributed by atoms with E-state index in [9.17, 15) is 19.2 Å². The molecule has 0 spiro atoms. The number of rotatable bonds is 11. The van der Waals surface area contributed by atoms with Crippen LogP contribution in [0.3, 0.4) is 0 Å². The Balaban J connectivity index is 4.71. The Hall–Kier alpha value is -1.81. The molecule has 10 heteroatoms. The van der Waals surface area contributed by atoms with Gasteiger partial charge in [0, 0.05) is 5.75 Å². The zero-order valence-electron chi connectivity index (χ0n) is 15.6. The number of aliphatic carboxylic acids is 1. The molecule has 0 saturated carbocycles. The first kappa shape index (κ1) is 24.2. The van der Waals surface area contributed by atoms with Crippen LogP contribution in [0.4, 0.5) is 0 Å². The van der Waals surface area contributed by atoms with Crippen LogP contribution in [-0.4, -0.2) is 59.2 Å². The number of nitrogens with two attached hydrogens (primary N) is 1. The molecule has 150 valence electrons. The molecule has 6 N–H and O–H groups in total. The van der Waals surface area contributed by atoms with Gasteiger partial charge in [-0.15, -0.1) is 0 Å². The summed E-state index contributed by atoms with van der Waals surface area (Å²) in [4.78, 5) is 47.2. The number of carbonyl (C=O) groups is 4. The molecular formula is C16H30N4O5S. The highest BCUT2D eigenvalue weighted by molar-refractivity contribution is 7.80. The molecule has 0 aliphatic rings. The van der Waals surface area contributed by atoms with Crippen LogP contribution in [0.1, 0.15) is 34.1 Å². The molecule has 0 aliphatic carbocycles. The van der Waals surface area contributed by atoms with Gasteiger partial charge in [0.05, 0.1) is 12.6 Å². The number of thiol groups is 1. The minimum atomic E-state index is -1.21. The van der Waals surface area contributed by atoms with E-state index in [0.717, 1.165) is 6.42 Å². The van der Waals surface area contributed by atoms with Crippen LogP contribution in [-0.2, 0) is 19.2 Å². The lowest BCUT2D eigenvalue weighted by molar-refractivity contribution is -0.141. The Bertz CT molecular complexity index is 515. The van der Waals surface area contributed by atoms with Crippen LogP contribution in [0, 0.1) is 11.8 Å². The van der Waals surface area contributed by atoms with Crippen LogP contribution >= 0.6 is 12.6 Å². The van der Waals surface area contributed by atoms with Gasteiger partial charge in [0.25, 0.3) is 0 Å². The van der Waals surface area contributed by atoms with E-state index in [1.165, 1.54) is 0 Å². The number of carboxylic acid groups (broad SMARTS) is 1. The molecule has 26 heavy (non-hydrogen) atoms. The maximum Gasteiger partial charge on any atom is 0.327 e. The summed E-state index contributed by atoms with van der Waals surface area (Å²) in [7, 11) is 0. The van der Waals surface area contributed by atoms with E-state index in [0.29, 0.717) is 0 Å². The SMILES string of the molecule is CCC(C)C(N)C(=O)NCC(=O)NC(C(=O)NC(CS)C(=O)O)C(C)C. The summed E-state index contributed by atoms with van der Waals surface area (Å²) in [5.41, 5.74) is 5.78. The third kappa shape index (κ3) is 8.05. The number of nitrogens with one attached hydrogen (secondary N) is 3. The van der Waals surface area contributed by atoms with Gasteiger partial charge in [-0.05, 0) is 11.8 Å². The zero-order chi connectivity index (χ0) is 20.4. The first-order chi connectivity index (χ1) is 12.0. The number of hydrogen-bond acceptors (Lipinski definition) is 6. The summed E-state index contributed by atoms with van der Waals surface area (Å²) in [6, 6.07) is -2.81. The fraction of sp³-hybridized carbons (Fsp3) is 0.750. The van der Waals surface area contributed by atoms with E-state index in [1.807, 2.05) is 13.8 Å². The van der Waals surface area contributed by atoms with Crippen LogP contribution in [0.5, 0.6) is 0 Å². The van der Waals surface area contributed by atoms with Gasteiger partial charge < -0.3 is 26.8 Å². The largest absolute Gasteiger partial charge is 0.480 e. The van der Waals surface area contributed by atoms with Crippen molar-refractivity contribution in [3.05, 3.63) is 0 Å². The Morgan fingerprint density at radius 1 is 1.08 bits per heavy atom. The number of carboxylic acids is 1. The molecule has 4 unspecified atom stereocenters. The number of hydrogen-bond donors (Lipinski definition) is 6. The van der Waals surface area contributed by atoms with Crippen molar-refractivity contribution in [3.8, 4) is 0 Å². The molecule has 0 heterocycles. The van der Waals surface area contributed by atoms with Gasteiger partial charge in [0.15, 0.2) is 0 Å². The molecule has 0 bridgehead atoms. The molecule has 4 atom stereocenters. The average molecular weight is 391 g/mol. The maximum atomic E-state index is 12.2. The van der Waals surface area contributed by atoms with E-state index < -0.39 is 41.8 Å². The molecule has 0 radical (unpaired) electrons. The van der Waals surface area contributed by atoms with E-state index in [4.69, 9.17) is 10.8 Å². The van der Waals surface area contributed by atoms with Crippen LogP contribution in [0.25, 0.3) is 0 Å². The van der Waals surface area contributed by atoms with Crippen molar-refractivity contribution in [2.75, 3.05) is 12.3 Å². The fourth-order valence-electron chi connectivity index (χ4n) is 2.00. The smallest absolute Gasteiger partial charge is 0.327 e. The van der Waals surface area contributed by atoms with Gasteiger partial charge in [0.1, 0.15) is 12.1 Å². The molecule has 0 aliphatic heterocycles. The van der Waals surface area contributed by atoms with E-state index in [1.54, 1.807) is 13.8 Å². The highest BCUT2D eigenvalue weighted by Gasteiger charge is 2.28. The lowest BCUT2D eigenvalue weighted by Crippen LogP contribution is -2.56. The Morgan fingerprint density at radius 2 is 1.65 bits per heavy atom. The lowest BCUT2D eigenvalue weighted by Gasteiger charge is -2.24. The minimum absolute atomic E-state index is 0.0264. The molecule has 0 fully saturated rings. The lowest BCUT2D eigenvalue weighted by atomic mass is 9.99. The highest BCUT2D eigenvalue weighted by atomic mass is 32.1. The van der Waals surface area contributed by atoms with Crippen molar-refractivity contribution in [1.29, 1.82) is 0 Å². The summed E-state index contributed by atoms with van der Waals surface area (Å²) in [5.74, 6) is -3.25. The molecule has 3 amide bonds. The van der Waals surface area contributed by atoms with Gasteiger partial charge in [-0.3, -0.25) is 14.4 Å². The predicted octanol–water partition coefficient (Wildman–Crippen LogP) is -0.884. The van der Waals surface area contributed by atoms with Gasteiger partial charge in [-0.2, -0.15) is 12.6 Å². The molecule has 0 rings (SSSR count). The zero-order valence-corrected chi connectivity index (χ0v) is 16.5. The second-order valence-electron chi connectivity index (χ2n) is 6.50. The molecule has 0 aromatic carbocycles. The fourth-order valence-corrected chi connectivity index (χ4v) is 2.25. The molecule has 0 aromatic rings. The summed E-state index contributed by atoms with van der Waals surface area (Å²) in [6.07, 6.45) is 0.728. The van der Waals surface area contributed by atoms with Crippen LogP contribution in [0.15, 0.2) is 0 Å². The van der Waals surface area contributed by atoms with Gasteiger partial charge in [-0.1, -0.05) is 34.1 Å². The number of carbonyl (C=O) groups excluding carboxylic acids is 3. The Labute approximate surface area is 159 Å². The average Bonchev–Trinajstić information content (AvgIpc) is 2.59. The Morgan fingerprint density at radius 3 is 2.08 bits per heavy atom. The van der Waals surface area contributed by atoms with Crippen molar-refractivity contribution < 1.29 is 24.3 Å². The summed E-state index contributed by atoms with van der Waals surface area (Å²) in [6.45, 7) is 6.83. The third-order valence-electron chi connectivity index (χ3n) is 4.05. The van der Waals surface area contributed by atoms with Crippen molar-refractivity contribution in [1.82, 2.24) is 16.0 Å². The van der Waals surface area contributed by atoms with Gasteiger partial charge >= 0.3 is 5.97 Å². The first-order valence-electron chi connectivity index (χ1n) is 8.51. The molecule has 0 saturated heterocycles. The third-order valence-corrected chi connectivity index (χ3v) is 4.41. The molecule has 0 aromatic heterocycles. The minimum Gasteiger partial charge on any atom is -0.480 e. The highest BCUT2D eigenvalue weighted by Crippen LogP contribution is 2.05. The van der Waals surface area contributed by atoms with Gasteiger partial charge in [-0.25, -0.2) is 4.79 Å². The summed E-state index contributed by atoms with van der Waals surface area (Å²) >= 11 is 3.88. The maximum absolute atomic E-state index is 12.2. The van der Waals surface area contributed by atoms with Crippen molar-refractivity contribution in [3.63, 3.8) is 0 Å². The van der Waals surface area contributed by atoms with Crippen molar-refractivity contribution >= 4 is 36.3 Å². The van der Waals surface area contributed by atoms with Gasteiger partial charge in [0.2, 0.25) is 17.7 Å². The van der Waals surface area contributed by atoms with E-state index in [-0.39, 0.29) is 24.1 Å². The van der Waals surface area contributed by atoms with Crippen molar-refractivity contribution in [2.45, 2.75) is 52.2 Å². The normalized spacial score (nSPS) is 15.5. The van der Waals surface area contributed by atoms with Crippen LogP contribution < -0.4 is 21.7 Å². The summed E-state index contributed by atoms with van der Waals surface area (Å²) < 4.78 is 0. The Kier molecular flexibility index (Phi) is 10.9. The van der Waals surface area contributed by atoms with E-state index >= 15 is 0 Å². The monoisotopic (exact) mass is 390 g/mol. The van der Waals surface area contributed by atoms with Crippen molar-refractivity contribution in [2.24, 2.45) is 17.6 Å². The van der Waals surface area contributed by atoms with Crippen LogP contribution in [0.2, 0.25) is 0 Å². The molecule has 9 nitrogen and oxygen atoms in total. The number of amides is 3. The molecular weight excluding hydrogens is 360 g/mol. The standard InChI is InChI=1S/C16H30N4O5S/c1-5-9(4)12(17)14(22)18-6-11(21)20-13(8(2)3)15(23)19-10(7-26)16(24)25/h8-10,12-13,26H,5-7,17H2,1-4H3,(H,18,22)(H,19,23)(H,20,21)(H,24,25). The van der Waals surface area contributed by atoms with E-state index in [2.05, 4.69) is 28.6 Å². The topological polar surface area (TPSA) is 151 Å². The first-order valence-corrected chi connectivity index (χ1v) is 9.14. The predicted molar refractivity (Wildman–Crippen MR) is 101 cm³/mol. The summed E-state index contributed by atoms with van der Waals surface area (Å²) in [5, 5.41) is 16.2. The second kappa shape index (κ2) is 11.7. The second-order valence-corrected chi connectivity index (χ2v) is 6.87. The quantitative estimate of drug-likeness (QED) is 0.252.